The minimum Gasteiger partial charge on any atom is -0.311 e. The molecule has 0 saturated heterocycles. The molecule has 0 radical (unpaired) electrons. The van der Waals surface area contributed by atoms with Crippen LogP contribution in [0.15, 0.2) is 42.5 Å². The van der Waals surface area contributed by atoms with E-state index in [9.17, 15) is 0 Å². The number of benzene rings is 2. The van der Waals surface area contributed by atoms with Gasteiger partial charge in [0.1, 0.15) is 0 Å². The van der Waals surface area contributed by atoms with Crippen molar-refractivity contribution in [3.63, 3.8) is 0 Å². The predicted octanol–water partition coefficient (Wildman–Crippen LogP) is 5.35. The second-order valence-electron chi connectivity index (χ2n) is 5.93. The monoisotopic (exact) mass is 319 g/mol. The number of fused-ring (bicyclic) bond motifs is 1. The van der Waals surface area contributed by atoms with Crippen LogP contribution in [0.1, 0.15) is 42.4 Å². The van der Waals surface area contributed by atoms with E-state index < -0.39 is 0 Å². The van der Waals surface area contributed by atoms with Gasteiger partial charge in [-0.3, -0.25) is 0 Å². The highest BCUT2D eigenvalue weighted by molar-refractivity contribution is 6.42. The van der Waals surface area contributed by atoms with Crippen molar-refractivity contribution in [2.24, 2.45) is 0 Å². The summed E-state index contributed by atoms with van der Waals surface area (Å²) in [5, 5.41) is 4.73. The van der Waals surface area contributed by atoms with Crippen LogP contribution >= 0.6 is 23.2 Å². The molecule has 0 spiro atoms. The quantitative estimate of drug-likeness (QED) is 0.786. The fourth-order valence-electron chi connectivity index (χ4n) is 3.36. The topological polar surface area (TPSA) is 12.0 Å². The number of hydrogen-bond donors (Lipinski definition) is 1. The molecule has 2 unspecified atom stereocenters. The van der Waals surface area contributed by atoms with Gasteiger partial charge in [0.05, 0.1) is 10.0 Å². The zero-order valence-electron chi connectivity index (χ0n) is 12.3. The first kappa shape index (κ1) is 14.9. The van der Waals surface area contributed by atoms with Crippen molar-refractivity contribution in [2.45, 2.75) is 31.2 Å². The zero-order chi connectivity index (χ0) is 15.0. The van der Waals surface area contributed by atoms with E-state index in [-0.39, 0.29) is 5.54 Å². The smallest absolute Gasteiger partial charge is 0.0595 e. The fraction of sp³-hybridized carbons (Fsp3) is 0.333. The standard InChI is InChI=1S/C18H19Cl2N/c1-18(21-2)10-9-13(14-5-3-4-6-15(14)18)12-7-8-16(19)17(20)11-12/h3-8,11,13,21H,9-10H2,1-2H3. The Morgan fingerprint density at radius 2 is 1.86 bits per heavy atom. The Morgan fingerprint density at radius 3 is 2.57 bits per heavy atom. The van der Waals surface area contributed by atoms with Crippen LogP contribution in [-0.4, -0.2) is 7.05 Å². The zero-order valence-corrected chi connectivity index (χ0v) is 13.8. The summed E-state index contributed by atoms with van der Waals surface area (Å²) in [5.74, 6) is 0.386. The van der Waals surface area contributed by atoms with Gasteiger partial charge in [0, 0.05) is 11.5 Å². The maximum Gasteiger partial charge on any atom is 0.0595 e. The van der Waals surface area contributed by atoms with E-state index in [1.807, 2.05) is 19.2 Å². The van der Waals surface area contributed by atoms with Crippen molar-refractivity contribution in [1.82, 2.24) is 5.32 Å². The van der Waals surface area contributed by atoms with E-state index in [1.165, 1.54) is 16.7 Å². The van der Waals surface area contributed by atoms with Crippen molar-refractivity contribution in [3.8, 4) is 0 Å². The van der Waals surface area contributed by atoms with Gasteiger partial charge in [0.25, 0.3) is 0 Å². The molecular formula is C18H19Cl2N. The van der Waals surface area contributed by atoms with Crippen molar-refractivity contribution in [2.75, 3.05) is 7.05 Å². The minimum absolute atomic E-state index is 0.0450. The average molecular weight is 320 g/mol. The van der Waals surface area contributed by atoms with E-state index >= 15 is 0 Å². The molecule has 1 N–H and O–H groups in total. The Morgan fingerprint density at radius 1 is 1.10 bits per heavy atom. The lowest BCUT2D eigenvalue weighted by molar-refractivity contribution is 0.326. The van der Waals surface area contributed by atoms with Crippen molar-refractivity contribution >= 4 is 23.2 Å². The molecule has 0 saturated carbocycles. The van der Waals surface area contributed by atoms with Gasteiger partial charge in [0.2, 0.25) is 0 Å². The number of halogens is 2. The van der Waals surface area contributed by atoms with E-state index in [2.05, 4.69) is 42.6 Å². The van der Waals surface area contributed by atoms with Gasteiger partial charge in [-0.2, -0.15) is 0 Å². The third kappa shape index (κ3) is 2.59. The highest BCUT2D eigenvalue weighted by Gasteiger charge is 2.35. The van der Waals surface area contributed by atoms with Crippen LogP contribution in [-0.2, 0) is 5.54 Å². The molecule has 3 heteroatoms. The second-order valence-corrected chi connectivity index (χ2v) is 6.75. The van der Waals surface area contributed by atoms with Gasteiger partial charge >= 0.3 is 0 Å². The van der Waals surface area contributed by atoms with E-state index in [0.717, 1.165) is 12.8 Å². The summed E-state index contributed by atoms with van der Waals surface area (Å²) < 4.78 is 0. The first-order chi connectivity index (χ1) is 10.0. The lowest BCUT2D eigenvalue weighted by Crippen LogP contribution is -2.40. The Hall–Kier alpha value is -1.02. The molecule has 1 aliphatic carbocycles. The third-order valence-corrected chi connectivity index (χ3v) is 5.50. The largest absolute Gasteiger partial charge is 0.311 e. The molecule has 0 fully saturated rings. The molecular weight excluding hydrogens is 301 g/mol. The number of hydrogen-bond acceptors (Lipinski definition) is 1. The molecule has 0 amide bonds. The third-order valence-electron chi connectivity index (χ3n) is 4.76. The molecule has 110 valence electrons. The summed E-state index contributed by atoms with van der Waals surface area (Å²) in [6.45, 7) is 2.27. The molecule has 2 atom stereocenters. The molecule has 0 aromatic heterocycles. The van der Waals surface area contributed by atoms with Crippen molar-refractivity contribution in [3.05, 3.63) is 69.2 Å². The normalized spacial score (nSPS) is 24.7. The Labute approximate surface area is 136 Å². The van der Waals surface area contributed by atoms with Gasteiger partial charge in [-0.05, 0) is 55.6 Å². The van der Waals surface area contributed by atoms with E-state index in [4.69, 9.17) is 23.2 Å². The fourth-order valence-corrected chi connectivity index (χ4v) is 3.67. The highest BCUT2D eigenvalue weighted by atomic mass is 35.5. The first-order valence-electron chi connectivity index (χ1n) is 7.28. The number of nitrogens with one attached hydrogen (secondary N) is 1. The van der Waals surface area contributed by atoms with Gasteiger partial charge in [-0.1, -0.05) is 53.5 Å². The Kier molecular flexibility index (Phi) is 4.00. The lowest BCUT2D eigenvalue weighted by atomic mass is 9.71. The van der Waals surface area contributed by atoms with Crippen LogP contribution in [0.2, 0.25) is 10.0 Å². The molecule has 0 bridgehead atoms. The van der Waals surface area contributed by atoms with Gasteiger partial charge in [0.15, 0.2) is 0 Å². The van der Waals surface area contributed by atoms with Crippen molar-refractivity contribution < 1.29 is 0 Å². The van der Waals surface area contributed by atoms with Gasteiger partial charge in [-0.25, -0.2) is 0 Å². The van der Waals surface area contributed by atoms with Crippen LogP contribution < -0.4 is 5.32 Å². The Balaban J connectivity index is 2.09. The molecule has 3 rings (SSSR count). The molecule has 0 heterocycles. The summed E-state index contributed by atoms with van der Waals surface area (Å²) >= 11 is 12.2. The summed E-state index contributed by atoms with van der Waals surface area (Å²) in [6, 6.07) is 14.7. The predicted molar refractivity (Wildman–Crippen MR) is 90.4 cm³/mol. The molecule has 21 heavy (non-hydrogen) atoms. The second kappa shape index (κ2) is 5.64. The summed E-state index contributed by atoms with van der Waals surface area (Å²) in [4.78, 5) is 0. The van der Waals surface area contributed by atoms with Gasteiger partial charge in [-0.15, -0.1) is 0 Å². The van der Waals surface area contributed by atoms with Crippen LogP contribution in [0.5, 0.6) is 0 Å². The van der Waals surface area contributed by atoms with Crippen LogP contribution in [0.3, 0.4) is 0 Å². The summed E-state index contributed by atoms with van der Waals surface area (Å²) in [6.07, 6.45) is 2.21. The maximum absolute atomic E-state index is 6.20. The molecule has 1 aliphatic rings. The molecule has 1 nitrogen and oxygen atoms in total. The van der Waals surface area contributed by atoms with Crippen LogP contribution in [0.25, 0.3) is 0 Å². The minimum atomic E-state index is 0.0450. The summed E-state index contributed by atoms with van der Waals surface area (Å²) in [7, 11) is 2.04. The van der Waals surface area contributed by atoms with E-state index in [1.54, 1.807) is 0 Å². The Bertz CT molecular complexity index is 668. The van der Waals surface area contributed by atoms with Crippen LogP contribution in [0, 0.1) is 0 Å². The lowest BCUT2D eigenvalue weighted by Gasteiger charge is -2.39. The van der Waals surface area contributed by atoms with Crippen LogP contribution in [0.4, 0.5) is 0 Å². The maximum atomic E-state index is 6.20. The first-order valence-corrected chi connectivity index (χ1v) is 8.04. The summed E-state index contributed by atoms with van der Waals surface area (Å²) in [5.41, 5.74) is 4.06. The molecule has 2 aromatic carbocycles. The SMILES string of the molecule is CNC1(C)CCC(c2ccc(Cl)c(Cl)c2)c2ccccc21. The molecule has 2 aromatic rings. The number of rotatable bonds is 2. The van der Waals surface area contributed by atoms with Gasteiger partial charge < -0.3 is 5.32 Å². The van der Waals surface area contributed by atoms with Crippen molar-refractivity contribution in [1.29, 1.82) is 0 Å². The molecule has 0 aliphatic heterocycles. The van der Waals surface area contributed by atoms with E-state index in [0.29, 0.717) is 16.0 Å². The average Bonchev–Trinajstić information content (AvgIpc) is 2.51. The highest BCUT2D eigenvalue weighted by Crippen LogP contribution is 2.44.